The van der Waals surface area contributed by atoms with Gasteiger partial charge in [-0.25, -0.2) is 14.2 Å². The molecule has 3 aromatic heterocycles. The van der Waals surface area contributed by atoms with E-state index in [4.69, 9.17) is 25.0 Å². The SMILES string of the molecule is CC(C)(C)OC(=O)N1CCN(c2cc(-c3noc(C4(C)CCCc5sc(N)c(C#N)c54)n3)nc(N3CCN(CCF)CC3)c2)CC1. The van der Waals surface area contributed by atoms with E-state index in [1.165, 1.54) is 11.3 Å². The van der Waals surface area contributed by atoms with E-state index in [1.54, 1.807) is 4.90 Å². The van der Waals surface area contributed by atoms with E-state index >= 15 is 0 Å². The molecule has 0 aromatic carbocycles. The highest BCUT2D eigenvalue weighted by molar-refractivity contribution is 7.16. The summed E-state index contributed by atoms with van der Waals surface area (Å²) in [6.45, 7) is 13.0. The van der Waals surface area contributed by atoms with Crippen LogP contribution in [0.25, 0.3) is 11.5 Å². The van der Waals surface area contributed by atoms with Gasteiger partial charge >= 0.3 is 6.09 Å². The largest absolute Gasteiger partial charge is 0.444 e. The van der Waals surface area contributed by atoms with Gasteiger partial charge in [-0.15, -0.1) is 11.3 Å². The molecular formula is C32H42FN9O3S. The molecule has 12 nitrogen and oxygen atoms in total. The lowest BCUT2D eigenvalue weighted by molar-refractivity contribution is 0.0240. The maximum Gasteiger partial charge on any atom is 0.410 e. The van der Waals surface area contributed by atoms with E-state index in [1.807, 2.05) is 33.8 Å². The molecular weight excluding hydrogens is 609 g/mol. The van der Waals surface area contributed by atoms with Crippen LogP contribution in [0.3, 0.4) is 0 Å². The lowest BCUT2D eigenvalue weighted by Crippen LogP contribution is -2.50. The summed E-state index contributed by atoms with van der Waals surface area (Å²) < 4.78 is 24.5. The van der Waals surface area contributed by atoms with Gasteiger partial charge in [0.25, 0.3) is 0 Å². The zero-order valence-electron chi connectivity index (χ0n) is 27.0. The predicted octanol–water partition coefficient (Wildman–Crippen LogP) is 4.44. The van der Waals surface area contributed by atoms with Gasteiger partial charge in [0, 0.05) is 81.1 Å². The van der Waals surface area contributed by atoms with Crippen molar-refractivity contribution in [3.8, 4) is 17.6 Å². The molecule has 2 aliphatic heterocycles. The number of nitrogen functional groups attached to an aromatic ring is 1. The lowest BCUT2D eigenvalue weighted by Gasteiger charge is -2.38. The number of aromatic nitrogens is 3. The van der Waals surface area contributed by atoms with Gasteiger partial charge in [-0.05, 0) is 53.0 Å². The molecule has 3 aliphatic rings. The molecule has 246 valence electrons. The number of anilines is 3. The summed E-state index contributed by atoms with van der Waals surface area (Å²) >= 11 is 1.47. The van der Waals surface area contributed by atoms with Crippen LogP contribution in [0.4, 0.5) is 25.7 Å². The molecule has 0 spiro atoms. The Morgan fingerprint density at radius 3 is 2.52 bits per heavy atom. The van der Waals surface area contributed by atoms with Gasteiger partial charge in [-0.1, -0.05) is 5.16 Å². The minimum Gasteiger partial charge on any atom is -0.444 e. The molecule has 6 rings (SSSR count). The number of hydrogen-bond acceptors (Lipinski definition) is 12. The topological polar surface area (TPSA) is 141 Å². The summed E-state index contributed by atoms with van der Waals surface area (Å²) in [5, 5.41) is 14.8. The molecule has 2 N–H and O–H groups in total. The van der Waals surface area contributed by atoms with Crippen molar-refractivity contribution in [1.29, 1.82) is 5.26 Å². The second-order valence-corrected chi connectivity index (χ2v) is 14.5. The molecule has 1 unspecified atom stereocenters. The fraction of sp³-hybridized carbons (Fsp3) is 0.594. The quantitative estimate of drug-likeness (QED) is 0.405. The van der Waals surface area contributed by atoms with Crippen molar-refractivity contribution in [3.05, 3.63) is 34.0 Å². The smallest absolute Gasteiger partial charge is 0.410 e. The average Bonchev–Trinajstić information content (AvgIpc) is 3.66. The van der Waals surface area contributed by atoms with Crippen LogP contribution in [-0.2, 0) is 16.6 Å². The third-order valence-electron chi connectivity index (χ3n) is 9.07. The number of ether oxygens (including phenoxy) is 1. The van der Waals surface area contributed by atoms with Crippen molar-refractivity contribution in [1.82, 2.24) is 24.9 Å². The van der Waals surface area contributed by atoms with Crippen molar-refractivity contribution in [2.24, 2.45) is 0 Å². The molecule has 46 heavy (non-hydrogen) atoms. The highest BCUT2D eigenvalue weighted by atomic mass is 32.1. The van der Waals surface area contributed by atoms with Gasteiger partial charge in [0.05, 0.1) is 11.0 Å². The van der Waals surface area contributed by atoms with Crippen molar-refractivity contribution in [2.75, 3.05) is 81.1 Å². The number of halogens is 1. The van der Waals surface area contributed by atoms with Gasteiger partial charge < -0.3 is 29.7 Å². The molecule has 0 saturated carbocycles. The fourth-order valence-electron chi connectivity index (χ4n) is 6.62. The summed E-state index contributed by atoms with van der Waals surface area (Å²) in [6.07, 6.45) is 2.25. The molecule has 0 radical (unpaired) electrons. The third kappa shape index (κ3) is 6.35. The fourth-order valence-corrected chi connectivity index (χ4v) is 7.81. The number of hydrogen-bond donors (Lipinski definition) is 1. The van der Waals surface area contributed by atoms with E-state index in [-0.39, 0.29) is 12.8 Å². The number of alkyl halides is 1. The number of thiophene rings is 1. The minimum atomic E-state index is -0.636. The highest BCUT2D eigenvalue weighted by Gasteiger charge is 2.43. The zero-order chi connectivity index (χ0) is 32.6. The Balaban J connectivity index is 1.30. The molecule has 2 saturated heterocycles. The molecule has 1 atom stereocenters. The van der Waals surface area contributed by atoms with Gasteiger partial charge in [-0.2, -0.15) is 10.2 Å². The lowest BCUT2D eigenvalue weighted by atomic mass is 9.72. The number of carbonyl (C=O) groups is 1. The second kappa shape index (κ2) is 12.7. The molecule has 2 fully saturated rings. The maximum absolute atomic E-state index is 13.0. The standard InChI is InChI=1S/C32H42FN9O3S/c1-31(2,3)44-30(43)42-16-14-40(15-17-42)21-18-23(36-25(19-21)41-12-10-39(9-8-33)11-13-41)28-37-29(45-38-28)32(4)7-5-6-24-26(32)22(20-34)27(35)46-24/h18-19H,5-17,35H2,1-4H3. The van der Waals surface area contributed by atoms with Crippen molar-refractivity contribution in [3.63, 3.8) is 0 Å². The van der Waals surface area contributed by atoms with Crippen molar-refractivity contribution >= 4 is 33.9 Å². The Labute approximate surface area is 272 Å². The normalized spacial score (nSPS) is 20.8. The molecule has 14 heteroatoms. The third-order valence-corrected chi connectivity index (χ3v) is 10.1. The molecule has 0 bridgehead atoms. The number of nitrogens with two attached hydrogens (primary N) is 1. The summed E-state index contributed by atoms with van der Waals surface area (Å²) in [4.78, 5) is 32.0. The number of rotatable bonds is 6. The number of nitriles is 1. The molecule has 1 amide bonds. The van der Waals surface area contributed by atoms with E-state index in [0.717, 1.165) is 67.4 Å². The second-order valence-electron chi connectivity index (χ2n) is 13.4. The van der Waals surface area contributed by atoms with Gasteiger partial charge in [0.15, 0.2) is 0 Å². The average molecular weight is 652 g/mol. The Bertz CT molecular complexity index is 1610. The van der Waals surface area contributed by atoms with Crippen LogP contribution in [0.2, 0.25) is 0 Å². The first-order valence-corrected chi connectivity index (χ1v) is 16.8. The first-order chi connectivity index (χ1) is 22.0. The summed E-state index contributed by atoms with van der Waals surface area (Å²) in [7, 11) is 0. The van der Waals surface area contributed by atoms with Crippen LogP contribution in [0.15, 0.2) is 16.7 Å². The first kappa shape index (κ1) is 32.0. The Morgan fingerprint density at radius 1 is 1.13 bits per heavy atom. The van der Waals surface area contributed by atoms with Crippen molar-refractivity contribution in [2.45, 2.75) is 58.0 Å². The van der Waals surface area contributed by atoms with E-state index in [2.05, 4.69) is 32.0 Å². The number of nitrogens with zero attached hydrogens (tertiary/aromatic N) is 8. The van der Waals surface area contributed by atoms with Crippen LogP contribution in [0.5, 0.6) is 0 Å². The number of piperazine rings is 2. The summed E-state index contributed by atoms with van der Waals surface area (Å²) in [5.41, 5.74) is 7.98. The van der Waals surface area contributed by atoms with Gasteiger partial charge in [0.2, 0.25) is 11.7 Å². The Morgan fingerprint density at radius 2 is 1.85 bits per heavy atom. The Hall–Kier alpha value is -3.96. The number of carbonyl (C=O) groups excluding carboxylic acids is 1. The molecule has 1 aliphatic carbocycles. The molecule has 5 heterocycles. The van der Waals surface area contributed by atoms with Gasteiger partial charge in [-0.3, -0.25) is 4.90 Å². The van der Waals surface area contributed by atoms with Crippen LogP contribution < -0.4 is 15.5 Å². The van der Waals surface area contributed by atoms with Crippen LogP contribution in [0, 0.1) is 11.3 Å². The van der Waals surface area contributed by atoms with E-state index < -0.39 is 11.0 Å². The van der Waals surface area contributed by atoms with Crippen LogP contribution >= 0.6 is 11.3 Å². The number of pyridine rings is 1. The minimum absolute atomic E-state index is 0.306. The predicted molar refractivity (Wildman–Crippen MR) is 175 cm³/mol. The number of amides is 1. The monoisotopic (exact) mass is 651 g/mol. The molecule has 3 aromatic rings. The van der Waals surface area contributed by atoms with Gasteiger partial charge in [0.1, 0.15) is 34.9 Å². The summed E-state index contributed by atoms with van der Waals surface area (Å²) in [6, 6.07) is 6.34. The van der Waals surface area contributed by atoms with Crippen molar-refractivity contribution < 1.29 is 18.4 Å². The number of fused-ring (bicyclic) bond motifs is 1. The van der Waals surface area contributed by atoms with Crippen LogP contribution in [-0.4, -0.2) is 102 Å². The maximum atomic E-state index is 13.0. The first-order valence-electron chi connectivity index (χ1n) is 15.9. The highest BCUT2D eigenvalue weighted by Crippen LogP contribution is 2.48. The van der Waals surface area contributed by atoms with Crippen LogP contribution in [0.1, 0.15) is 62.4 Å². The summed E-state index contributed by atoms with van der Waals surface area (Å²) in [5.74, 6) is 1.60. The zero-order valence-corrected chi connectivity index (χ0v) is 27.8. The number of aryl methyl sites for hydroxylation is 1. The van der Waals surface area contributed by atoms with E-state index in [0.29, 0.717) is 60.7 Å². The van der Waals surface area contributed by atoms with E-state index in [9.17, 15) is 14.4 Å². The Kier molecular flexibility index (Phi) is 8.82.